The summed E-state index contributed by atoms with van der Waals surface area (Å²) in [7, 11) is -4.30. The SMILES string of the molecule is O=S(=O)(O)c1cn(CC2=NCCN2)c2ccc(Cl)cc12. The Morgan fingerprint density at radius 3 is 2.90 bits per heavy atom. The molecule has 0 aliphatic carbocycles. The molecule has 1 aliphatic heterocycles. The van der Waals surface area contributed by atoms with E-state index in [0.717, 1.165) is 12.4 Å². The van der Waals surface area contributed by atoms with Crippen LogP contribution in [0.5, 0.6) is 0 Å². The Kier molecular flexibility index (Phi) is 3.19. The van der Waals surface area contributed by atoms with Crippen molar-refractivity contribution in [1.82, 2.24) is 9.88 Å². The molecule has 1 aromatic heterocycles. The number of amidine groups is 1. The first kappa shape index (κ1) is 13.4. The monoisotopic (exact) mass is 313 g/mol. The minimum atomic E-state index is -4.30. The first-order chi connectivity index (χ1) is 9.45. The van der Waals surface area contributed by atoms with E-state index in [2.05, 4.69) is 10.3 Å². The van der Waals surface area contributed by atoms with Crippen molar-refractivity contribution in [3.8, 4) is 0 Å². The van der Waals surface area contributed by atoms with Gasteiger partial charge in [0.25, 0.3) is 10.1 Å². The van der Waals surface area contributed by atoms with Crippen molar-refractivity contribution in [3.05, 3.63) is 29.4 Å². The molecule has 0 unspecified atom stereocenters. The molecule has 0 atom stereocenters. The van der Waals surface area contributed by atoms with Gasteiger partial charge in [0.2, 0.25) is 0 Å². The summed E-state index contributed by atoms with van der Waals surface area (Å²) in [5.41, 5.74) is 0.679. The second-order valence-electron chi connectivity index (χ2n) is 4.51. The predicted molar refractivity (Wildman–Crippen MR) is 77.1 cm³/mol. The van der Waals surface area contributed by atoms with Crippen LogP contribution < -0.4 is 5.32 Å². The summed E-state index contributed by atoms with van der Waals surface area (Å²) in [5.74, 6) is 0.790. The van der Waals surface area contributed by atoms with E-state index in [1.54, 1.807) is 16.7 Å². The summed E-state index contributed by atoms with van der Waals surface area (Å²) in [6.07, 6.45) is 1.40. The number of rotatable bonds is 3. The van der Waals surface area contributed by atoms with Crippen LogP contribution in [0.4, 0.5) is 0 Å². The van der Waals surface area contributed by atoms with E-state index < -0.39 is 10.1 Å². The first-order valence-electron chi connectivity index (χ1n) is 5.98. The highest BCUT2D eigenvalue weighted by molar-refractivity contribution is 7.86. The van der Waals surface area contributed by atoms with Gasteiger partial charge in [-0.15, -0.1) is 0 Å². The Morgan fingerprint density at radius 2 is 2.25 bits per heavy atom. The molecular weight excluding hydrogens is 302 g/mol. The Bertz CT molecular complexity index is 811. The molecule has 106 valence electrons. The van der Waals surface area contributed by atoms with Gasteiger partial charge in [-0.25, -0.2) is 0 Å². The summed E-state index contributed by atoms with van der Waals surface area (Å²) in [5, 5.41) is 3.94. The van der Waals surface area contributed by atoms with Gasteiger partial charge in [-0.2, -0.15) is 8.42 Å². The van der Waals surface area contributed by atoms with Crippen molar-refractivity contribution >= 4 is 38.5 Å². The topological polar surface area (TPSA) is 83.7 Å². The van der Waals surface area contributed by atoms with Gasteiger partial charge in [-0.1, -0.05) is 11.6 Å². The van der Waals surface area contributed by atoms with Crippen LogP contribution in [0, 0.1) is 0 Å². The molecule has 2 aromatic rings. The molecule has 0 radical (unpaired) electrons. The lowest BCUT2D eigenvalue weighted by Gasteiger charge is -2.05. The number of halogens is 1. The molecule has 1 aliphatic rings. The number of aromatic nitrogens is 1. The summed E-state index contributed by atoms with van der Waals surface area (Å²) < 4.78 is 34.0. The zero-order valence-electron chi connectivity index (χ0n) is 10.4. The van der Waals surface area contributed by atoms with Gasteiger partial charge in [0.05, 0.1) is 13.1 Å². The lowest BCUT2D eigenvalue weighted by molar-refractivity contribution is 0.484. The van der Waals surface area contributed by atoms with Crippen LogP contribution >= 0.6 is 11.6 Å². The lowest BCUT2D eigenvalue weighted by Crippen LogP contribution is -2.23. The van der Waals surface area contributed by atoms with Crippen LogP contribution in [0.3, 0.4) is 0 Å². The number of hydrogen-bond acceptors (Lipinski definition) is 4. The molecule has 0 fully saturated rings. The predicted octanol–water partition coefficient (Wildman–Crippen LogP) is 1.54. The van der Waals surface area contributed by atoms with Gasteiger partial charge < -0.3 is 9.88 Å². The van der Waals surface area contributed by atoms with Crippen LogP contribution in [-0.2, 0) is 16.7 Å². The Balaban J connectivity index is 2.17. The van der Waals surface area contributed by atoms with Gasteiger partial charge in [-0.3, -0.25) is 9.55 Å². The third-order valence-electron chi connectivity index (χ3n) is 3.15. The average molecular weight is 314 g/mol. The van der Waals surface area contributed by atoms with Crippen molar-refractivity contribution in [2.75, 3.05) is 13.1 Å². The van der Waals surface area contributed by atoms with Gasteiger partial charge in [0, 0.05) is 28.7 Å². The second kappa shape index (κ2) is 4.76. The van der Waals surface area contributed by atoms with E-state index in [-0.39, 0.29) is 4.90 Å². The summed E-state index contributed by atoms with van der Waals surface area (Å²) in [4.78, 5) is 4.13. The highest BCUT2D eigenvalue weighted by Gasteiger charge is 2.20. The summed E-state index contributed by atoms with van der Waals surface area (Å²) in [6, 6.07) is 4.93. The quantitative estimate of drug-likeness (QED) is 0.842. The largest absolute Gasteiger partial charge is 0.370 e. The van der Waals surface area contributed by atoms with E-state index in [1.165, 1.54) is 12.3 Å². The maximum Gasteiger partial charge on any atom is 0.296 e. The van der Waals surface area contributed by atoms with Crippen LogP contribution in [0.25, 0.3) is 10.9 Å². The van der Waals surface area contributed by atoms with Crippen LogP contribution in [0.1, 0.15) is 0 Å². The summed E-state index contributed by atoms with van der Waals surface area (Å²) in [6.45, 7) is 1.92. The molecule has 1 aromatic carbocycles. The molecule has 3 rings (SSSR count). The molecule has 0 spiro atoms. The van der Waals surface area contributed by atoms with E-state index >= 15 is 0 Å². The van der Waals surface area contributed by atoms with Crippen molar-refractivity contribution in [1.29, 1.82) is 0 Å². The van der Waals surface area contributed by atoms with Crippen molar-refractivity contribution in [2.24, 2.45) is 4.99 Å². The summed E-state index contributed by atoms with van der Waals surface area (Å²) >= 11 is 5.90. The average Bonchev–Trinajstić information content (AvgIpc) is 2.97. The number of benzene rings is 1. The van der Waals surface area contributed by atoms with E-state index in [4.69, 9.17) is 11.6 Å². The zero-order chi connectivity index (χ0) is 14.3. The molecule has 8 heteroatoms. The van der Waals surface area contributed by atoms with E-state index in [1.807, 2.05) is 0 Å². The Hall–Kier alpha value is -1.57. The van der Waals surface area contributed by atoms with E-state index in [9.17, 15) is 13.0 Å². The van der Waals surface area contributed by atoms with Gasteiger partial charge in [0.1, 0.15) is 10.7 Å². The fourth-order valence-electron chi connectivity index (χ4n) is 2.29. The number of nitrogens with zero attached hydrogens (tertiary/aromatic N) is 2. The third kappa shape index (κ3) is 2.39. The normalized spacial score (nSPS) is 15.4. The minimum absolute atomic E-state index is 0.145. The third-order valence-corrected chi connectivity index (χ3v) is 4.26. The number of fused-ring (bicyclic) bond motifs is 1. The molecule has 20 heavy (non-hydrogen) atoms. The smallest absolute Gasteiger partial charge is 0.296 e. The van der Waals surface area contributed by atoms with Crippen LogP contribution in [0.2, 0.25) is 5.02 Å². The fraction of sp³-hybridized carbons (Fsp3) is 0.250. The highest BCUT2D eigenvalue weighted by atomic mass is 35.5. The first-order valence-corrected chi connectivity index (χ1v) is 7.80. The Labute approximate surface area is 120 Å². The fourth-order valence-corrected chi connectivity index (χ4v) is 3.16. The van der Waals surface area contributed by atoms with Gasteiger partial charge in [-0.05, 0) is 18.2 Å². The molecule has 2 N–H and O–H groups in total. The standard InChI is InChI=1S/C12H12ClN3O3S/c13-8-1-2-10-9(5-8)11(20(17,18)19)6-16(10)7-12-14-3-4-15-12/h1-2,5-6H,3-4,7H2,(H,14,15)(H,17,18,19). The van der Waals surface area contributed by atoms with Gasteiger partial charge >= 0.3 is 0 Å². The van der Waals surface area contributed by atoms with Gasteiger partial charge in [0.15, 0.2) is 0 Å². The second-order valence-corrected chi connectivity index (χ2v) is 6.34. The minimum Gasteiger partial charge on any atom is -0.370 e. The van der Waals surface area contributed by atoms with Crippen molar-refractivity contribution in [2.45, 2.75) is 11.4 Å². The number of aliphatic imine (C=N–C) groups is 1. The molecule has 0 bridgehead atoms. The highest BCUT2D eigenvalue weighted by Crippen LogP contribution is 2.28. The number of hydrogen-bond donors (Lipinski definition) is 2. The number of nitrogens with one attached hydrogen (secondary N) is 1. The van der Waals surface area contributed by atoms with Crippen molar-refractivity contribution < 1.29 is 13.0 Å². The molecule has 0 saturated carbocycles. The van der Waals surface area contributed by atoms with E-state index in [0.29, 0.717) is 29.0 Å². The van der Waals surface area contributed by atoms with Crippen molar-refractivity contribution in [3.63, 3.8) is 0 Å². The zero-order valence-corrected chi connectivity index (χ0v) is 11.9. The molecule has 6 nitrogen and oxygen atoms in total. The van der Waals surface area contributed by atoms with Crippen LogP contribution in [-0.4, -0.2) is 36.5 Å². The lowest BCUT2D eigenvalue weighted by atomic mass is 10.2. The molecule has 0 amide bonds. The Morgan fingerprint density at radius 1 is 1.45 bits per heavy atom. The molecular formula is C12H12ClN3O3S. The molecule has 0 saturated heterocycles. The maximum atomic E-state index is 11.5. The van der Waals surface area contributed by atoms with Crippen LogP contribution in [0.15, 0.2) is 34.3 Å². The maximum absolute atomic E-state index is 11.5. The molecule has 2 heterocycles.